The zero-order valence-corrected chi connectivity index (χ0v) is 11.9. The zero-order chi connectivity index (χ0) is 14.1. The number of nitrogens with zero attached hydrogens (tertiary/aromatic N) is 2. The van der Waals surface area contributed by atoms with Crippen LogP contribution in [0.4, 0.5) is 0 Å². The summed E-state index contributed by atoms with van der Waals surface area (Å²) in [4.78, 5) is 11.3. The maximum Gasteiger partial charge on any atom is 0.219 e. The minimum atomic E-state index is 0.0969. The standard InChI is InChI=1S/C16H19N3O/c1-3-15(20)17-9-8-12-5-4-11-6-7-14-13(16(11)12)10-19(2)18-14/h6-8,10H,3-5,9H2,1-2H3,(H,17,20)/b12-8+. The number of aromatic nitrogens is 2. The molecule has 0 fully saturated rings. The number of carbonyl (C=O) groups is 1. The van der Waals surface area contributed by atoms with E-state index in [4.69, 9.17) is 0 Å². The van der Waals surface area contributed by atoms with E-state index < -0.39 is 0 Å². The van der Waals surface area contributed by atoms with Crippen LogP contribution in [-0.2, 0) is 18.3 Å². The molecule has 1 heterocycles. The second-order valence-electron chi connectivity index (χ2n) is 5.22. The Bertz CT molecular complexity index is 697. The van der Waals surface area contributed by atoms with Crippen LogP contribution in [0.1, 0.15) is 30.9 Å². The van der Waals surface area contributed by atoms with E-state index in [1.54, 1.807) is 0 Å². The SMILES string of the molecule is CCC(=O)NC/C=C1\CCc2ccc3nn(C)cc3c21. The Hall–Kier alpha value is -2.10. The third-order valence-electron chi connectivity index (χ3n) is 3.84. The van der Waals surface area contributed by atoms with E-state index >= 15 is 0 Å². The summed E-state index contributed by atoms with van der Waals surface area (Å²) in [5.74, 6) is 0.0969. The molecule has 0 unspecified atom stereocenters. The molecular formula is C16H19N3O. The van der Waals surface area contributed by atoms with E-state index in [1.807, 2.05) is 18.7 Å². The Morgan fingerprint density at radius 2 is 2.30 bits per heavy atom. The van der Waals surface area contributed by atoms with Gasteiger partial charge >= 0.3 is 0 Å². The molecule has 1 N–H and O–H groups in total. The van der Waals surface area contributed by atoms with Gasteiger partial charge < -0.3 is 5.32 Å². The van der Waals surface area contributed by atoms with Crippen molar-refractivity contribution in [3.63, 3.8) is 0 Å². The number of hydrogen-bond acceptors (Lipinski definition) is 2. The lowest BCUT2D eigenvalue weighted by Gasteiger charge is -2.04. The highest BCUT2D eigenvalue weighted by atomic mass is 16.1. The van der Waals surface area contributed by atoms with Crippen LogP contribution in [0.15, 0.2) is 24.4 Å². The van der Waals surface area contributed by atoms with Crippen molar-refractivity contribution in [2.24, 2.45) is 7.05 Å². The summed E-state index contributed by atoms with van der Waals surface area (Å²) >= 11 is 0. The second-order valence-corrected chi connectivity index (χ2v) is 5.22. The highest BCUT2D eigenvalue weighted by Gasteiger charge is 2.19. The van der Waals surface area contributed by atoms with Crippen LogP contribution in [0.2, 0.25) is 0 Å². The van der Waals surface area contributed by atoms with Gasteiger partial charge in [0, 0.05) is 31.6 Å². The Morgan fingerprint density at radius 1 is 1.45 bits per heavy atom. The smallest absolute Gasteiger partial charge is 0.219 e. The number of amides is 1. The zero-order valence-electron chi connectivity index (χ0n) is 11.9. The molecule has 1 aromatic carbocycles. The first kappa shape index (κ1) is 12.9. The number of carbonyl (C=O) groups excluding carboxylic acids is 1. The molecule has 0 saturated heterocycles. The van der Waals surface area contributed by atoms with E-state index in [0.29, 0.717) is 13.0 Å². The third-order valence-corrected chi connectivity index (χ3v) is 3.84. The van der Waals surface area contributed by atoms with E-state index in [9.17, 15) is 4.79 Å². The van der Waals surface area contributed by atoms with E-state index in [1.165, 1.54) is 22.1 Å². The van der Waals surface area contributed by atoms with Gasteiger partial charge in [-0.15, -0.1) is 0 Å². The van der Waals surface area contributed by atoms with Crippen molar-refractivity contribution >= 4 is 22.4 Å². The lowest BCUT2D eigenvalue weighted by atomic mass is 10.0. The number of rotatable bonds is 3. The molecule has 104 valence electrons. The van der Waals surface area contributed by atoms with E-state index in [-0.39, 0.29) is 5.91 Å². The maximum atomic E-state index is 11.3. The van der Waals surface area contributed by atoms with Crippen molar-refractivity contribution in [3.8, 4) is 0 Å². The van der Waals surface area contributed by atoms with Crippen molar-refractivity contribution in [3.05, 3.63) is 35.5 Å². The topological polar surface area (TPSA) is 46.9 Å². The molecule has 1 aliphatic carbocycles. The fraction of sp³-hybridized carbons (Fsp3) is 0.375. The highest BCUT2D eigenvalue weighted by molar-refractivity contribution is 5.95. The van der Waals surface area contributed by atoms with Crippen LogP contribution in [-0.4, -0.2) is 22.2 Å². The molecule has 0 spiro atoms. The maximum absolute atomic E-state index is 11.3. The van der Waals surface area contributed by atoms with Gasteiger partial charge in [0.1, 0.15) is 0 Å². The van der Waals surface area contributed by atoms with Gasteiger partial charge in [0.25, 0.3) is 0 Å². The summed E-state index contributed by atoms with van der Waals surface area (Å²) in [6.07, 6.45) is 6.88. The summed E-state index contributed by atoms with van der Waals surface area (Å²) in [5, 5.41) is 8.59. The molecule has 2 aromatic rings. The summed E-state index contributed by atoms with van der Waals surface area (Å²) in [5.41, 5.74) is 5.08. The van der Waals surface area contributed by atoms with Crippen LogP contribution < -0.4 is 5.32 Å². The summed E-state index contributed by atoms with van der Waals surface area (Å²) in [6.45, 7) is 2.48. The molecular weight excluding hydrogens is 250 g/mol. The van der Waals surface area contributed by atoms with Crippen molar-refractivity contribution in [1.29, 1.82) is 0 Å². The average Bonchev–Trinajstić information content (AvgIpc) is 3.00. The van der Waals surface area contributed by atoms with Gasteiger partial charge in [0.15, 0.2) is 0 Å². The summed E-state index contributed by atoms with van der Waals surface area (Å²) in [7, 11) is 1.95. The van der Waals surface area contributed by atoms with E-state index in [0.717, 1.165) is 18.4 Å². The molecule has 0 bridgehead atoms. The molecule has 1 amide bonds. The van der Waals surface area contributed by atoms with Gasteiger partial charge in [-0.2, -0.15) is 5.10 Å². The van der Waals surface area contributed by atoms with Crippen LogP contribution >= 0.6 is 0 Å². The Labute approximate surface area is 118 Å². The minimum absolute atomic E-state index is 0.0969. The molecule has 4 heteroatoms. The fourth-order valence-electron chi connectivity index (χ4n) is 2.86. The molecule has 0 saturated carbocycles. The van der Waals surface area contributed by atoms with Crippen LogP contribution in [0.5, 0.6) is 0 Å². The molecule has 0 atom stereocenters. The number of benzene rings is 1. The monoisotopic (exact) mass is 269 g/mol. The summed E-state index contributed by atoms with van der Waals surface area (Å²) < 4.78 is 1.86. The van der Waals surface area contributed by atoms with Crippen molar-refractivity contribution in [1.82, 2.24) is 15.1 Å². The lowest BCUT2D eigenvalue weighted by Crippen LogP contribution is -2.22. The molecule has 0 radical (unpaired) electrons. The summed E-state index contributed by atoms with van der Waals surface area (Å²) in [6, 6.07) is 4.27. The number of allylic oxidation sites excluding steroid dienone is 1. The van der Waals surface area contributed by atoms with Crippen molar-refractivity contribution in [2.45, 2.75) is 26.2 Å². The second kappa shape index (κ2) is 5.12. The predicted molar refractivity (Wildman–Crippen MR) is 80.3 cm³/mol. The van der Waals surface area contributed by atoms with Gasteiger partial charge in [0.2, 0.25) is 5.91 Å². The van der Waals surface area contributed by atoms with Crippen molar-refractivity contribution in [2.75, 3.05) is 6.54 Å². The molecule has 0 aliphatic heterocycles. The highest BCUT2D eigenvalue weighted by Crippen LogP contribution is 2.37. The average molecular weight is 269 g/mol. The van der Waals surface area contributed by atoms with E-state index in [2.05, 4.69) is 34.8 Å². The predicted octanol–water partition coefficient (Wildman–Crippen LogP) is 2.43. The normalized spacial score (nSPS) is 15.8. The minimum Gasteiger partial charge on any atom is -0.353 e. The first-order valence-electron chi connectivity index (χ1n) is 7.10. The largest absolute Gasteiger partial charge is 0.353 e. The molecule has 3 rings (SSSR count). The van der Waals surface area contributed by atoms with Crippen molar-refractivity contribution < 1.29 is 4.79 Å². The van der Waals surface area contributed by atoms with Crippen LogP contribution in [0.3, 0.4) is 0 Å². The van der Waals surface area contributed by atoms with Gasteiger partial charge in [-0.05, 0) is 35.6 Å². The molecule has 20 heavy (non-hydrogen) atoms. The molecule has 4 nitrogen and oxygen atoms in total. The molecule has 1 aliphatic rings. The van der Waals surface area contributed by atoms with Gasteiger partial charge in [-0.3, -0.25) is 9.48 Å². The van der Waals surface area contributed by atoms with Gasteiger partial charge in [0.05, 0.1) is 5.52 Å². The Kier molecular flexibility index (Phi) is 3.30. The van der Waals surface area contributed by atoms with Gasteiger partial charge in [-0.25, -0.2) is 0 Å². The number of fused-ring (bicyclic) bond motifs is 3. The first-order valence-corrected chi connectivity index (χ1v) is 7.10. The first-order chi connectivity index (χ1) is 9.69. The lowest BCUT2D eigenvalue weighted by molar-refractivity contribution is -0.120. The third kappa shape index (κ3) is 2.22. The van der Waals surface area contributed by atoms with Crippen LogP contribution in [0, 0.1) is 0 Å². The Morgan fingerprint density at radius 3 is 3.10 bits per heavy atom. The fourth-order valence-corrected chi connectivity index (χ4v) is 2.86. The number of nitrogens with one attached hydrogen (secondary N) is 1. The number of hydrogen-bond donors (Lipinski definition) is 1. The quantitative estimate of drug-likeness (QED) is 0.930. The van der Waals surface area contributed by atoms with Crippen LogP contribution in [0.25, 0.3) is 16.5 Å². The Balaban J connectivity index is 1.94. The molecule has 1 aromatic heterocycles. The van der Waals surface area contributed by atoms with Gasteiger partial charge in [-0.1, -0.05) is 19.1 Å². The number of aryl methyl sites for hydroxylation is 2.